The topological polar surface area (TPSA) is 63.0 Å². The fourth-order valence-corrected chi connectivity index (χ4v) is 2.79. The van der Waals surface area contributed by atoms with Crippen molar-refractivity contribution in [3.63, 3.8) is 0 Å². The molecule has 1 fully saturated rings. The maximum absolute atomic E-state index is 12.6. The summed E-state index contributed by atoms with van der Waals surface area (Å²) in [5, 5.41) is 0. The smallest absolute Gasteiger partial charge is 0.289 e. The summed E-state index contributed by atoms with van der Waals surface area (Å²) in [6, 6.07) is 8.88. The second-order valence-electron chi connectivity index (χ2n) is 5.75. The summed E-state index contributed by atoms with van der Waals surface area (Å²) in [6.45, 7) is 3.84. The van der Waals surface area contributed by atoms with Crippen molar-refractivity contribution in [2.45, 2.75) is 6.92 Å². The number of amides is 2. The average Bonchev–Trinajstić information content (AvgIpc) is 3.06. The molecule has 2 heterocycles. The number of rotatable bonds is 3. The number of piperazine rings is 1. The first-order valence-electron chi connectivity index (χ1n) is 7.87. The summed E-state index contributed by atoms with van der Waals surface area (Å²) in [5.41, 5.74) is 1.42. The van der Waals surface area contributed by atoms with Gasteiger partial charge in [-0.3, -0.25) is 9.59 Å². The van der Waals surface area contributed by atoms with Crippen LogP contribution < -0.4 is 4.74 Å². The normalized spacial score (nSPS) is 14.6. The zero-order valence-corrected chi connectivity index (χ0v) is 13.8. The Morgan fingerprint density at radius 1 is 1.04 bits per heavy atom. The van der Waals surface area contributed by atoms with Crippen LogP contribution in [-0.2, 0) is 0 Å². The van der Waals surface area contributed by atoms with Gasteiger partial charge in [-0.25, -0.2) is 0 Å². The Morgan fingerprint density at radius 2 is 1.71 bits per heavy atom. The van der Waals surface area contributed by atoms with E-state index in [0.717, 1.165) is 5.56 Å². The van der Waals surface area contributed by atoms with Gasteiger partial charge in [-0.1, -0.05) is 6.07 Å². The minimum atomic E-state index is -0.119. The fraction of sp³-hybridized carbons (Fsp3) is 0.333. The lowest BCUT2D eigenvalue weighted by Gasteiger charge is -2.34. The predicted octanol–water partition coefficient (Wildman–Crippen LogP) is 2.19. The molecule has 1 saturated heterocycles. The predicted molar refractivity (Wildman–Crippen MR) is 88.2 cm³/mol. The monoisotopic (exact) mass is 328 g/mol. The lowest BCUT2D eigenvalue weighted by Crippen LogP contribution is -2.50. The maximum atomic E-state index is 12.6. The molecule has 6 nitrogen and oxygen atoms in total. The van der Waals surface area contributed by atoms with E-state index in [2.05, 4.69) is 0 Å². The number of aryl methyl sites for hydroxylation is 1. The second-order valence-corrected chi connectivity index (χ2v) is 5.75. The molecule has 0 bridgehead atoms. The number of ether oxygens (including phenoxy) is 1. The van der Waals surface area contributed by atoms with Crippen molar-refractivity contribution < 1.29 is 18.7 Å². The highest BCUT2D eigenvalue weighted by atomic mass is 16.5. The minimum Gasteiger partial charge on any atom is -0.497 e. The molecule has 0 unspecified atom stereocenters. The first kappa shape index (κ1) is 16.1. The van der Waals surface area contributed by atoms with E-state index in [1.165, 1.54) is 6.26 Å². The van der Waals surface area contributed by atoms with Crippen molar-refractivity contribution in [3.8, 4) is 5.75 Å². The molecule has 0 saturated carbocycles. The standard InChI is InChI=1S/C18H20N2O4/c1-13-6-11-24-16(13)18(22)20-9-7-19(8-10-20)17(21)14-4-3-5-15(12-14)23-2/h3-6,11-12H,7-10H2,1-2H3. The van der Waals surface area contributed by atoms with E-state index in [4.69, 9.17) is 9.15 Å². The van der Waals surface area contributed by atoms with Gasteiger partial charge in [0.1, 0.15) is 5.75 Å². The van der Waals surface area contributed by atoms with Crippen LogP contribution in [0.1, 0.15) is 26.5 Å². The summed E-state index contributed by atoms with van der Waals surface area (Å²) < 4.78 is 10.4. The van der Waals surface area contributed by atoms with Crippen LogP contribution >= 0.6 is 0 Å². The van der Waals surface area contributed by atoms with Gasteiger partial charge in [0.25, 0.3) is 11.8 Å². The van der Waals surface area contributed by atoms with Gasteiger partial charge < -0.3 is 19.0 Å². The molecule has 3 rings (SSSR count). The zero-order chi connectivity index (χ0) is 17.1. The van der Waals surface area contributed by atoms with E-state index in [1.807, 2.05) is 6.92 Å². The summed E-state index contributed by atoms with van der Waals surface area (Å²) in [5.74, 6) is 0.867. The molecule has 6 heteroatoms. The molecular formula is C18H20N2O4. The molecule has 0 aliphatic carbocycles. The number of furan rings is 1. The van der Waals surface area contributed by atoms with Crippen LogP contribution in [0.15, 0.2) is 41.0 Å². The van der Waals surface area contributed by atoms with Gasteiger partial charge in [0, 0.05) is 37.3 Å². The Hall–Kier alpha value is -2.76. The average molecular weight is 328 g/mol. The minimum absolute atomic E-state index is 0.0461. The molecule has 2 amide bonds. The number of benzene rings is 1. The summed E-state index contributed by atoms with van der Waals surface area (Å²) in [6.07, 6.45) is 1.52. The third kappa shape index (κ3) is 3.13. The van der Waals surface area contributed by atoms with Crippen molar-refractivity contribution >= 4 is 11.8 Å². The van der Waals surface area contributed by atoms with E-state index in [1.54, 1.807) is 47.2 Å². The molecule has 0 spiro atoms. The number of carbonyl (C=O) groups excluding carboxylic acids is 2. The first-order chi connectivity index (χ1) is 11.6. The van der Waals surface area contributed by atoms with Gasteiger partial charge in [-0.05, 0) is 31.2 Å². The number of hydrogen-bond acceptors (Lipinski definition) is 4. The van der Waals surface area contributed by atoms with Crippen LogP contribution in [0.25, 0.3) is 0 Å². The van der Waals surface area contributed by atoms with Crippen LogP contribution in [0.4, 0.5) is 0 Å². The Morgan fingerprint density at radius 3 is 2.29 bits per heavy atom. The largest absolute Gasteiger partial charge is 0.497 e. The van der Waals surface area contributed by atoms with Crippen LogP contribution in [-0.4, -0.2) is 54.9 Å². The zero-order valence-electron chi connectivity index (χ0n) is 13.8. The van der Waals surface area contributed by atoms with Gasteiger partial charge in [-0.2, -0.15) is 0 Å². The third-order valence-electron chi connectivity index (χ3n) is 4.23. The highest BCUT2D eigenvalue weighted by Crippen LogP contribution is 2.17. The molecule has 1 aliphatic rings. The van der Waals surface area contributed by atoms with E-state index in [0.29, 0.717) is 43.3 Å². The van der Waals surface area contributed by atoms with Gasteiger partial charge in [0.15, 0.2) is 5.76 Å². The van der Waals surface area contributed by atoms with Crippen LogP contribution in [0, 0.1) is 6.92 Å². The number of methoxy groups -OCH3 is 1. The molecule has 1 aliphatic heterocycles. The highest BCUT2D eigenvalue weighted by Gasteiger charge is 2.27. The Balaban J connectivity index is 1.63. The molecule has 24 heavy (non-hydrogen) atoms. The fourth-order valence-electron chi connectivity index (χ4n) is 2.79. The third-order valence-corrected chi connectivity index (χ3v) is 4.23. The second kappa shape index (κ2) is 6.78. The SMILES string of the molecule is COc1cccc(C(=O)N2CCN(C(=O)c3occc3C)CC2)c1. The van der Waals surface area contributed by atoms with Crippen molar-refractivity contribution in [1.82, 2.24) is 9.80 Å². The Labute approximate surface area is 140 Å². The van der Waals surface area contributed by atoms with Gasteiger partial charge in [0.05, 0.1) is 13.4 Å². The highest BCUT2D eigenvalue weighted by molar-refractivity contribution is 5.95. The van der Waals surface area contributed by atoms with Crippen LogP contribution in [0.3, 0.4) is 0 Å². The Kier molecular flexibility index (Phi) is 4.55. The van der Waals surface area contributed by atoms with Crippen molar-refractivity contribution in [3.05, 3.63) is 53.5 Å². The lowest BCUT2D eigenvalue weighted by atomic mass is 10.1. The molecule has 126 valence electrons. The van der Waals surface area contributed by atoms with Crippen molar-refractivity contribution in [2.24, 2.45) is 0 Å². The molecule has 2 aromatic rings. The number of carbonyl (C=O) groups is 2. The van der Waals surface area contributed by atoms with E-state index in [9.17, 15) is 9.59 Å². The van der Waals surface area contributed by atoms with Gasteiger partial charge in [-0.15, -0.1) is 0 Å². The first-order valence-corrected chi connectivity index (χ1v) is 7.87. The van der Waals surface area contributed by atoms with E-state index >= 15 is 0 Å². The van der Waals surface area contributed by atoms with E-state index in [-0.39, 0.29) is 11.8 Å². The number of hydrogen-bond donors (Lipinski definition) is 0. The molecular weight excluding hydrogens is 308 g/mol. The van der Waals surface area contributed by atoms with Crippen LogP contribution in [0.2, 0.25) is 0 Å². The molecule has 1 aromatic heterocycles. The maximum Gasteiger partial charge on any atom is 0.289 e. The summed E-state index contributed by atoms with van der Waals surface area (Å²) in [7, 11) is 1.57. The summed E-state index contributed by atoms with van der Waals surface area (Å²) >= 11 is 0. The molecule has 0 N–H and O–H groups in total. The molecule has 0 radical (unpaired) electrons. The molecule has 0 atom stereocenters. The number of nitrogens with zero attached hydrogens (tertiary/aromatic N) is 2. The van der Waals surface area contributed by atoms with Gasteiger partial charge >= 0.3 is 0 Å². The quantitative estimate of drug-likeness (QED) is 0.866. The van der Waals surface area contributed by atoms with Gasteiger partial charge in [0.2, 0.25) is 0 Å². The van der Waals surface area contributed by atoms with E-state index < -0.39 is 0 Å². The van der Waals surface area contributed by atoms with Crippen LogP contribution in [0.5, 0.6) is 5.75 Å². The lowest BCUT2D eigenvalue weighted by molar-refractivity contribution is 0.0517. The molecule has 1 aromatic carbocycles. The Bertz CT molecular complexity index is 745. The van der Waals surface area contributed by atoms with Crippen molar-refractivity contribution in [2.75, 3.05) is 33.3 Å². The summed E-state index contributed by atoms with van der Waals surface area (Å²) in [4.78, 5) is 28.5. The van der Waals surface area contributed by atoms with Crippen molar-refractivity contribution in [1.29, 1.82) is 0 Å².